The molecule has 0 atom stereocenters. The maximum Gasteiger partial charge on any atom is 0.246 e. The summed E-state index contributed by atoms with van der Waals surface area (Å²) in [4.78, 5) is 14.1. The summed E-state index contributed by atoms with van der Waals surface area (Å²) in [6, 6.07) is 22.5. The number of hydrogen-bond donors (Lipinski definition) is 1. The Balaban J connectivity index is 1.61. The molecule has 0 saturated carbocycles. The smallest absolute Gasteiger partial charge is 0.246 e. The maximum absolute atomic E-state index is 13.0. The standard InChI is InChI=1S/C27H28N4OS2/c1-18-10-12-23(13-11-18)34-17-24-29-30(27(33)31(24)22-8-6-5-7-9-22)16-25(32)28-26-20(3)14-19(2)15-21(26)4/h5-15H,16-17H2,1-4H3,(H,28,32). The van der Waals surface area contributed by atoms with E-state index in [9.17, 15) is 4.79 Å². The van der Waals surface area contributed by atoms with Gasteiger partial charge in [0.2, 0.25) is 10.7 Å². The van der Waals surface area contributed by atoms with Crippen LogP contribution < -0.4 is 5.32 Å². The Morgan fingerprint density at radius 2 is 1.59 bits per heavy atom. The number of benzene rings is 3. The lowest BCUT2D eigenvalue weighted by Crippen LogP contribution is -2.21. The van der Waals surface area contributed by atoms with Crippen molar-refractivity contribution in [3.8, 4) is 5.69 Å². The van der Waals surface area contributed by atoms with E-state index in [1.807, 2.05) is 48.7 Å². The van der Waals surface area contributed by atoms with E-state index < -0.39 is 0 Å². The summed E-state index contributed by atoms with van der Waals surface area (Å²) < 4.78 is 4.06. The van der Waals surface area contributed by atoms with Gasteiger partial charge in [-0.1, -0.05) is 53.6 Å². The van der Waals surface area contributed by atoms with Gasteiger partial charge in [0.05, 0.1) is 5.75 Å². The van der Waals surface area contributed by atoms with Crippen LogP contribution in [-0.4, -0.2) is 20.3 Å². The lowest BCUT2D eigenvalue weighted by molar-refractivity contribution is -0.116. The molecule has 0 spiro atoms. The first-order valence-electron chi connectivity index (χ1n) is 11.1. The number of para-hydroxylation sites is 1. The third kappa shape index (κ3) is 5.48. The highest BCUT2D eigenvalue weighted by Gasteiger charge is 2.16. The molecule has 1 aromatic heterocycles. The van der Waals surface area contributed by atoms with Gasteiger partial charge in [0.15, 0.2) is 0 Å². The lowest BCUT2D eigenvalue weighted by Gasteiger charge is -2.12. The molecular formula is C27H28N4OS2. The van der Waals surface area contributed by atoms with Crippen LogP contribution in [-0.2, 0) is 17.1 Å². The number of carbonyl (C=O) groups is 1. The van der Waals surface area contributed by atoms with E-state index in [1.54, 1.807) is 16.4 Å². The van der Waals surface area contributed by atoms with Crippen molar-refractivity contribution in [2.75, 3.05) is 5.32 Å². The van der Waals surface area contributed by atoms with Crippen LogP contribution in [0.4, 0.5) is 5.69 Å². The molecule has 0 bridgehead atoms. The Morgan fingerprint density at radius 3 is 2.24 bits per heavy atom. The van der Waals surface area contributed by atoms with Crippen molar-refractivity contribution in [2.24, 2.45) is 0 Å². The van der Waals surface area contributed by atoms with Crippen LogP contribution in [0.1, 0.15) is 28.1 Å². The van der Waals surface area contributed by atoms with Crippen LogP contribution in [0.5, 0.6) is 0 Å². The predicted molar refractivity (Wildman–Crippen MR) is 142 cm³/mol. The third-order valence-electron chi connectivity index (χ3n) is 5.54. The van der Waals surface area contributed by atoms with E-state index in [0.717, 1.165) is 33.2 Å². The number of hydrogen-bond acceptors (Lipinski definition) is 4. The minimum Gasteiger partial charge on any atom is -0.324 e. The first kappa shape index (κ1) is 24.0. The van der Waals surface area contributed by atoms with E-state index in [-0.39, 0.29) is 12.5 Å². The number of thioether (sulfide) groups is 1. The predicted octanol–water partition coefficient (Wildman–Crippen LogP) is 6.57. The molecule has 1 N–H and O–H groups in total. The molecule has 0 saturated heterocycles. The number of aromatic nitrogens is 3. The molecule has 0 fully saturated rings. The summed E-state index contributed by atoms with van der Waals surface area (Å²) in [6.07, 6.45) is 0. The van der Waals surface area contributed by atoms with Gasteiger partial charge in [-0.05, 0) is 75.3 Å². The van der Waals surface area contributed by atoms with Crippen molar-refractivity contribution in [1.29, 1.82) is 0 Å². The number of anilines is 1. The van der Waals surface area contributed by atoms with Crippen LogP contribution in [0.15, 0.2) is 71.6 Å². The minimum atomic E-state index is -0.151. The zero-order valence-corrected chi connectivity index (χ0v) is 21.5. The first-order valence-corrected chi connectivity index (χ1v) is 12.5. The zero-order chi connectivity index (χ0) is 24.2. The highest BCUT2D eigenvalue weighted by molar-refractivity contribution is 7.98. The van der Waals surface area contributed by atoms with Crippen molar-refractivity contribution < 1.29 is 4.79 Å². The molecule has 0 aliphatic rings. The highest BCUT2D eigenvalue weighted by Crippen LogP contribution is 2.25. The van der Waals surface area contributed by atoms with Crippen molar-refractivity contribution in [1.82, 2.24) is 14.3 Å². The summed E-state index contributed by atoms with van der Waals surface area (Å²) in [5, 5.41) is 7.81. The SMILES string of the molecule is Cc1ccc(SCc2nn(CC(=O)Nc3c(C)cc(C)cc3C)c(=S)n2-c2ccccc2)cc1. The average molecular weight is 489 g/mol. The first-order chi connectivity index (χ1) is 16.3. The fourth-order valence-corrected chi connectivity index (χ4v) is 5.09. The van der Waals surface area contributed by atoms with Gasteiger partial charge in [0, 0.05) is 16.3 Å². The largest absolute Gasteiger partial charge is 0.324 e. The van der Waals surface area contributed by atoms with E-state index in [1.165, 1.54) is 11.1 Å². The maximum atomic E-state index is 13.0. The molecule has 34 heavy (non-hydrogen) atoms. The van der Waals surface area contributed by atoms with Gasteiger partial charge in [-0.3, -0.25) is 9.36 Å². The summed E-state index contributed by atoms with van der Waals surface area (Å²) in [7, 11) is 0. The quantitative estimate of drug-likeness (QED) is 0.236. The van der Waals surface area contributed by atoms with E-state index in [0.29, 0.717) is 10.5 Å². The number of carbonyl (C=O) groups excluding carboxylic acids is 1. The molecule has 0 aliphatic heterocycles. The van der Waals surface area contributed by atoms with Gasteiger partial charge in [-0.15, -0.1) is 11.8 Å². The highest BCUT2D eigenvalue weighted by atomic mass is 32.2. The molecular weight excluding hydrogens is 460 g/mol. The second kappa shape index (κ2) is 10.4. The van der Waals surface area contributed by atoms with Crippen LogP contribution in [0.3, 0.4) is 0 Å². The molecule has 3 aromatic carbocycles. The van der Waals surface area contributed by atoms with Crippen LogP contribution in [0.2, 0.25) is 0 Å². The second-order valence-electron chi connectivity index (χ2n) is 8.45. The molecule has 1 heterocycles. The molecule has 4 rings (SSSR count). The van der Waals surface area contributed by atoms with Gasteiger partial charge in [0.1, 0.15) is 12.4 Å². The molecule has 174 valence electrons. The van der Waals surface area contributed by atoms with Crippen molar-refractivity contribution >= 4 is 35.6 Å². The van der Waals surface area contributed by atoms with Crippen molar-refractivity contribution in [2.45, 2.75) is 44.9 Å². The van der Waals surface area contributed by atoms with Crippen LogP contribution >= 0.6 is 24.0 Å². The summed E-state index contributed by atoms with van der Waals surface area (Å²) in [5.74, 6) is 1.28. The Bertz CT molecular complexity index is 1350. The number of nitrogens with zero attached hydrogens (tertiary/aromatic N) is 3. The monoisotopic (exact) mass is 488 g/mol. The molecule has 0 radical (unpaired) electrons. The molecule has 4 aromatic rings. The zero-order valence-electron chi connectivity index (χ0n) is 19.8. The summed E-state index contributed by atoms with van der Waals surface area (Å²) in [6.45, 7) is 8.19. The third-order valence-corrected chi connectivity index (χ3v) is 6.95. The van der Waals surface area contributed by atoms with E-state index in [2.05, 4.69) is 55.6 Å². The molecule has 0 unspecified atom stereocenters. The number of rotatable bonds is 7. The van der Waals surface area contributed by atoms with Gasteiger partial charge in [-0.25, -0.2) is 4.68 Å². The van der Waals surface area contributed by atoms with E-state index >= 15 is 0 Å². The summed E-state index contributed by atoms with van der Waals surface area (Å²) in [5.41, 5.74) is 6.26. The Kier molecular flexibility index (Phi) is 7.34. The van der Waals surface area contributed by atoms with Gasteiger partial charge in [0.25, 0.3) is 0 Å². The second-order valence-corrected chi connectivity index (χ2v) is 9.86. The molecule has 0 aliphatic carbocycles. The Morgan fingerprint density at radius 1 is 0.941 bits per heavy atom. The summed E-state index contributed by atoms with van der Waals surface area (Å²) >= 11 is 7.47. The van der Waals surface area contributed by atoms with Crippen LogP contribution in [0.25, 0.3) is 5.69 Å². The topological polar surface area (TPSA) is 51.9 Å². The fraction of sp³-hybridized carbons (Fsp3) is 0.222. The van der Waals surface area contributed by atoms with Gasteiger partial charge >= 0.3 is 0 Å². The van der Waals surface area contributed by atoms with Gasteiger partial charge < -0.3 is 5.32 Å². The normalized spacial score (nSPS) is 10.9. The molecule has 5 nitrogen and oxygen atoms in total. The number of nitrogens with one attached hydrogen (secondary N) is 1. The number of aryl methyl sites for hydroxylation is 4. The Hall–Kier alpha value is -3.16. The van der Waals surface area contributed by atoms with Gasteiger partial charge in [-0.2, -0.15) is 5.10 Å². The average Bonchev–Trinajstić information content (AvgIpc) is 3.11. The fourth-order valence-electron chi connectivity index (χ4n) is 3.96. The Labute approximate surface area is 209 Å². The minimum absolute atomic E-state index is 0.0492. The molecule has 7 heteroatoms. The number of amides is 1. The van der Waals surface area contributed by atoms with Crippen molar-refractivity contribution in [3.05, 3.63) is 99.6 Å². The van der Waals surface area contributed by atoms with Crippen molar-refractivity contribution in [3.63, 3.8) is 0 Å². The lowest BCUT2D eigenvalue weighted by atomic mass is 10.1. The molecule has 1 amide bonds. The van der Waals surface area contributed by atoms with Crippen LogP contribution in [0, 0.1) is 32.5 Å². The van der Waals surface area contributed by atoms with E-state index in [4.69, 9.17) is 17.3 Å².